The molecule has 0 amide bonds. The fraction of sp³-hybridized carbons (Fsp3) is 0.500. The third-order valence-electron chi connectivity index (χ3n) is 8.26. The second kappa shape index (κ2) is 11.8. The lowest BCUT2D eigenvalue weighted by Crippen LogP contribution is -2.30. The molecule has 0 radical (unpaired) electrons. The van der Waals surface area contributed by atoms with Crippen molar-refractivity contribution in [2.75, 3.05) is 0 Å². The monoisotopic (exact) mass is 444 g/mol. The minimum Gasteiger partial charge on any atom is -0.206 e. The summed E-state index contributed by atoms with van der Waals surface area (Å²) in [6.45, 7) is 4.15. The highest BCUT2D eigenvalue weighted by molar-refractivity contribution is 5.65. The van der Waals surface area contributed by atoms with E-state index in [0.29, 0.717) is 5.92 Å². The highest BCUT2D eigenvalue weighted by Crippen LogP contribution is 2.48. The molecule has 0 spiro atoms. The van der Waals surface area contributed by atoms with Gasteiger partial charge in [0.05, 0.1) is 0 Å². The summed E-state index contributed by atoms with van der Waals surface area (Å²) in [5, 5.41) is 0. The minimum absolute atomic E-state index is 0.104. The third kappa shape index (κ3) is 6.25. The summed E-state index contributed by atoms with van der Waals surface area (Å²) >= 11 is 0. The van der Waals surface area contributed by atoms with E-state index in [-0.39, 0.29) is 5.82 Å². The molecule has 4 unspecified atom stereocenters. The smallest absolute Gasteiger partial charge is 0.131 e. The summed E-state index contributed by atoms with van der Waals surface area (Å²) in [5.41, 5.74) is 4.23. The van der Waals surface area contributed by atoms with Gasteiger partial charge < -0.3 is 0 Å². The highest BCUT2D eigenvalue weighted by Gasteiger charge is 2.35. The molecule has 176 valence electrons. The van der Waals surface area contributed by atoms with Crippen LogP contribution in [0.1, 0.15) is 88.7 Å². The van der Waals surface area contributed by atoms with E-state index in [1.54, 1.807) is 6.07 Å². The largest absolute Gasteiger partial charge is 0.206 e. The molecule has 4 atom stereocenters. The van der Waals surface area contributed by atoms with Gasteiger partial charge in [-0.3, -0.25) is 0 Å². The summed E-state index contributed by atoms with van der Waals surface area (Å²) in [5.74, 6) is 3.38. The van der Waals surface area contributed by atoms with Crippen LogP contribution in [0.25, 0.3) is 11.1 Å². The standard InChI is InChI=1S/C32H41F/c1-3-5-7-9-24-11-13-30-23-29(19-18-28(30)21-24)26-14-16-27(17-15-26)31-20-12-25(22-32(31)33)10-8-6-4-2/h3-6,12,14-17,20,22,24,28-30H,7-11,13,18-19,21,23H2,1-2H3/b5-3+,6-4+. The quantitative estimate of drug-likeness (QED) is 0.355. The van der Waals surface area contributed by atoms with Gasteiger partial charge in [-0.1, -0.05) is 67.1 Å². The van der Waals surface area contributed by atoms with Crippen molar-refractivity contribution >= 4 is 0 Å². The van der Waals surface area contributed by atoms with Gasteiger partial charge in [0.15, 0.2) is 0 Å². The molecule has 0 aliphatic heterocycles. The van der Waals surface area contributed by atoms with E-state index in [1.807, 2.05) is 13.0 Å². The minimum atomic E-state index is -0.104. The number of allylic oxidation sites excluding steroid dienone is 4. The van der Waals surface area contributed by atoms with E-state index >= 15 is 0 Å². The predicted octanol–water partition coefficient (Wildman–Crippen LogP) is 9.66. The first-order valence-corrected chi connectivity index (χ1v) is 13.3. The van der Waals surface area contributed by atoms with Gasteiger partial charge in [-0.05, 0) is 118 Å². The van der Waals surface area contributed by atoms with Crippen LogP contribution in [-0.2, 0) is 6.42 Å². The van der Waals surface area contributed by atoms with Crippen molar-refractivity contribution in [3.63, 3.8) is 0 Å². The SMILES string of the molecule is C/C=C/CCc1ccc(-c2ccc(C3CCC4CC(CC/C=C/C)CCC4C3)cc2)c(F)c1. The van der Waals surface area contributed by atoms with E-state index < -0.39 is 0 Å². The molecule has 0 saturated heterocycles. The molecule has 4 rings (SSSR count). The first kappa shape index (κ1) is 24.0. The molecule has 2 fully saturated rings. The van der Waals surface area contributed by atoms with Gasteiger partial charge in [0.25, 0.3) is 0 Å². The van der Waals surface area contributed by atoms with Gasteiger partial charge in [0, 0.05) is 5.56 Å². The summed E-state index contributed by atoms with van der Waals surface area (Å²) in [6, 6.07) is 14.5. The molecular formula is C32H41F. The molecule has 0 bridgehead atoms. The van der Waals surface area contributed by atoms with Crippen LogP contribution in [0.4, 0.5) is 4.39 Å². The Balaban J connectivity index is 1.35. The molecule has 33 heavy (non-hydrogen) atoms. The fourth-order valence-corrected chi connectivity index (χ4v) is 6.35. The zero-order chi connectivity index (χ0) is 23.0. The fourth-order valence-electron chi connectivity index (χ4n) is 6.35. The molecule has 0 aromatic heterocycles. The van der Waals surface area contributed by atoms with E-state index in [4.69, 9.17) is 0 Å². The Morgan fingerprint density at radius 3 is 2.30 bits per heavy atom. The predicted molar refractivity (Wildman–Crippen MR) is 140 cm³/mol. The number of hydrogen-bond acceptors (Lipinski definition) is 0. The second-order valence-electron chi connectivity index (χ2n) is 10.4. The Labute approximate surface area is 201 Å². The molecule has 0 heterocycles. The van der Waals surface area contributed by atoms with Crippen LogP contribution >= 0.6 is 0 Å². The Morgan fingerprint density at radius 2 is 1.55 bits per heavy atom. The maximum absolute atomic E-state index is 14.8. The average molecular weight is 445 g/mol. The Morgan fingerprint density at radius 1 is 0.818 bits per heavy atom. The molecular weight excluding hydrogens is 403 g/mol. The summed E-state index contributed by atoms with van der Waals surface area (Å²) in [6.07, 6.45) is 21.6. The summed E-state index contributed by atoms with van der Waals surface area (Å²) < 4.78 is 14.8. The van der Waals surface area contributed by atoms with Crippen molar-refractivity contribution in [3.8, 4) is 11.1 Å². The number of benzene rings is 2. The van der Waals surface area contributed by atoms with E-state index in [2.05, 4.69) is 61.6 Å². The molecule has 2 aliphatic rings. The second-order valence-corrected chi connectivity index (χ2v) is 10.4. The number of fused-ring (bicyclic) bond motifs is 1. The van der Waals surface area contributed by atoms with Crippen LogP contribution < -0.4 is 0 Å². The maximum atomic E-state index is 14.8. The van der Waals surface area contributed by atoms with Crippen molar-refractivity contribution in [2.24, 2.45) is 17.8 Å². The lowest BCUT2D eigenvalue weighted by molar-refractivity contribution is 0.115. The van der Waals surface area contributed by atoms with Gasteiger partial charge in [0.1, 0.15) is 5.82 Å². The topological polar surface area (TPSA) is 0 Å². The summed E-state index contributed by atoms with van der Waals surface area (Å²) in [4.78, 5) is 0. The molecule has 2 aliphatic carbocycles. The number of rotatable bonds is 8. The first-order chi connectivity index (χ1) is 16.2. The van der Waals surface area contributed by atoms with Crippen LogP contribution in [0.15, 0.2) is 66.8 Å². The zero-order valence-electron chi connectivity index (χ0n) is 20.6. The van der Waals surface area contributed by atoms with Crippen LogP contribution in [0.3, 0.4) is 0 Å². The Hall–Kier alpha value is -2.15. The van der Waals surface area contributed by atoms with Crippen molar-refractivity contribution < 1.29 is 4.39 Å². The Kier molecular flexibility index (Phi) is 8.59. The number of hydrogen-bond donors (Lipinski definition) is 0. The lowest BCUT2D eigenvalue weighted by atomic mass is 9.63. The molecule has 2 saturated carbocycles. The molecule has 0 N–H and O–H groups in total. The molecule has 0 nitrogen and oxygen atoms in total. The van der Waals surface area contributed by atoms with Crippen molar-refractivity contribution in [2.45, 2.75) is 84.0 Å². The maximum Gasteiger partial charge on any atom is 0.131 e. The number of halogens is 1. The molecule has 2 aromatic carbocycles. The van der Waals surface area contributed by atoms with Crippen LogP contribution in [-0.4, -0.2) is 0 Å². The Bertz CT molecular complexity index is 935. The molecule has 1 heteroatoms. The third-order valence-corrected chi connectivity index (χ3v) is 8.26. The first-order valence-electron chi connectivity index (χ1n) is 13.3. The van der Waals surface area contributed by atoms with Crippen molar-refractivity contribution in [1.29, 1.82) is 0 Å². The summed E-state index contributed by atoms with van der Waals surface area (Å²) in [7, 11) is 0. The van der Waals surface area contributed by atoms with Gasteiger partial charge in [0.2, 0.25) is 0 Å². The van der Waals surface area contributed by atoms with Gasteiger partial charge >= 0.3 is 0 Å². The average Bonchev–Trinajstić information content (AvgIpc) is 2.84. The van der Waals surface area contributed by atoms with Crippen LogP contribution in [0.2, 0.25) is 0 Å². The van der Waals surface area contributed by atoms with Gasteiger partial charge in [-0.15, -0.1) is 0 Å². The van der Waals surface area contributed by atoms with Gasteiger partial charge in [-0.2, -0.15) is 0 Å². The van der Waals surface area contributed by atoms with Crippen LogP contribution in [0.5, 0.6) is 0 Å². The van der Waals surface area contributed by atoms with Gasteiger partial charge in [-0.25, -0.2) is 4.39 Å². The van der Waals surface area contributed by atoms with E-state index in [0.717, 1.165) is 47.3 Å². The highest BCUT2D eigenvalue weighted by atomic mass is 19.1. The van der Waals surface area contributed by atoms with Crippen molar-refractivity contribution in [3.05, 3.63) is 83.7 Å². The van der Waals surface area contributed by atoms with Crippen LogP contribution in [0, 0.1) is 23.6 Å². The zero-order valence-corrected chi connectivity index (χ0v) is 20.6. The van der Waals surface area contributed by atoms with E-state index in [9.17, 15) is 4.39 Å². The lowest BCUT2D eigenvalue weighted by Gasteiger charge is -2.42. The molecule has 2 aromatic rings. The number of aryl methyl sites for hydroxylation is 1. The van der Waals surface area contributed by atoms with Crippen molar-refractivity contribution in [1.82, 2.24) is 0 Å². The normalized spacial score (nSPS) is 25.5. The van der Waals surface area contributed by atoms with E-state index in [1.165, 1.54) is 56.9 Å².